The first-order valence-electron chi connectivity index (χ1n) is 9.35. The molecule has 2 aliphatic rings. The second-order valence-electron chi connectivity index (χ2n) is 7.68. The summed E-state index contributed by atoms with van der Waals surface area (Å²) in [6, 6.07) is 1.98. The van der Waals surface area contributed by atoms with Gasteiger partial charge in [-0.2, -0.15) is 15.6 Å². The average Bonchev–Trinajstić information content (AvgIpc) is 3.42. The summed E-state index contributed by atoms with van der Waals surface area (Å²) < 4.78 is 28.8. The highest BCUT2D eigenvalue weighted by Crippen LogP contribution is 2.42. The quantitative estimate of drug-likeness (QED) is 0.711. The fourth-order valence-electron chi connectivity index (χ4n) is 4.01. The second-order valence-corrected chi connectivity index (χ2v) is 10.3. The molecule has 1 spiro atoms. The van der Waals surface area contributed by atoms with Crippen molar-refractivity contribution in [3.63, 3.8) is 0 Å². The van der Waals surface area contributed by atoms with Gasteiger partial charge in [-0.25, -0.2) is 13.4 Å². The zero-order chi connectivity index (χ0) is 19.8. The van der Waals surface area contributed by atoms with Gasteiger partial charge >= 0.3 is 0 Å². The maximum Gasteiger partial charge on any atom is 0.262 e. The molecule has 2 saturated heterocycles. The van der Waals surface area contributed by atoms with E-state index in [4.69, 9.17) is 0 Å². The molecule has 9 heteroatoms. The number of hydrogen-bond acceptors (Lipinski definition) is 5. The number of carbonyl (C=O) groups is 1. The minimum atomic E-state index is -3.55. The van der Waals surface area contributed by atoms with Gasteiger partial charge in [0.15, 0.2) is 5.03 Å². The molecule has 7 nitrogen and oxygen atoms in total. The molecule has 1 amide bonds. The van der Waals surface area contributed by atoms with Crippen molar-refractivity contribution in [1.29, 1.82) is 0 Å². The van der Waals surface area contributed by atoms with Crippen LogP contribution in [0, 0.1) is 5.41 Å². The molecule has 0 bridgehead atoms. The van der Waals surface area contributed by atoms with Gasteiger partial charge in [0.1, 0.15) is 0 Å². The fourth-order valence-corrected chi connectivity index (χ4v) is 6.15. The SMILES string of the molecule is Cn1cnc(S(=O)(=O)N2CCC3(CCN(C(=O)C=Cc4ccsc4)CC3)C2)c1. The maximum atomic E-state index is 12.8. The van der Waals surface area contributed by atoms with Crippen molar-refractivity contribution in [2.24, 2.45) is 12.5 Å². The molecule has 2 fully saturated rings. The molecular formula is C19H24N4O3S2. The number of piperidine rings is 1. The molecule has 150 valence electrons. The zero-order valence-electron chi connectivity index (χ0n) is 15.8. The lowest BCUT2D eigenvalue weighted by molar-refractivity contribution is -0.128. The third-order valence-electron chi connectivity index (χ3n) is 5.79. The van der Waals surface area contributed by atoms with Gasteiger partial charge in [0.05, 0.1) is 6.33 Å². The minimum Gasteiger partial charge on any atom is -0.339 e. The third-order valence-corrected chi connectivity index (χ3v) is 8.22. The number of likely N-dealkylation sites (tertiary alicyclic amines) is 1. The number of imidazole rings is 1. The van der Waals surface area contributed by atoms with Crippen LogP contribution in [0.3, 0.4) is 0 Å². The predicted molar refractivity (Wildman–Crippen MR) is 108 cm³/mol. The van der Waals surface area contributed by atoms with Crippen LogP contribution in [0.2, 0.25) is 0 Å². The first-order chi connectivity index (χ1) is 13.4. The van der Waals surface area contributed by atoms with Crippen molar-refractivity contribution in [2.45, 2.75) is 24.3 Å². The van der Waals surface area contributed by atoms with Crippen LogP contribution in [-0.2, 0) is 21.9 Å². The minimum absolute atomic E-state index is 0.0250. The Kier molecular flexibility index (Phi) is 5.15. The molecule has 0 aliphatic carbocycles. The largest absolute Gasteiger partial charge is 0.339 e. The van der Waals surface area contributed by atoms with E-state index in [1.807, 2.05) is 27.8 Å². The Morgan fingerprint density at radius 1 is 1.25 bits per heavy atom. The van der Waals surface area contributed by atoms with E-state index in [-0.39, 0.29) is 16.3 Å². The Labute approximate surface area is 169 Å². The molecule has 2 aromatic rings. The van der Waals surface area contributed by atoms with Gasteiger partial charge in [-0.05, 0) is 53.1 Å². The number of rotatable bonds is 4. The van der Waals surface area contributed by atoms with Crippen LogP contribution in [0.5, 0.6) is 0 Å². The van der Waals surface area contributed by atoms with Gasteiger partial charge in [0.2, 0.25) is 5.91 Å². The van der Waals surface area contributed by atoms with E-state index in [0.717, 1.165) is 24.8 Å². The van der Waals surface area contributed by atoms with Crippen molar-refractivity contribution in [1.82, 2.24) is 18.8 Å². The number of nitrogens with zero attached hydrogens (tertiary/aromatic N) is 4. The summed E-state index contributed by atoms with van der Waals surface area (Å²) in [6.45, 7) is 2.37. The molecule has 2 aliphatic heterocycles. The normalized spacial score (nSPS) is 20.4. The number of sulfonamides is 1. The molecule has 0 aromatic carbocycles. The average molecular weight is 421 g/mol. The van der Waals surface area contributed by atoms with E-state index in [9.17, 15) is 13.2 Å². The second kappa shape index (κ2) is 7.46. The van der Waals surface area contributed by atoms with Crippen molar-refractivity contribution >= 4 is 33.3 Å². The summed E-state index contributed by atoms with van der Waals surface area (Å²) in [7, 11) is -1.79. The first kappa shape index (κ1) is 19.4. The smallest absolute Gasteiger partial charge is 0.262 e. The lowest BCUT2D eigenvalue weighted by atomic mass is 9.78. The van der Waals surface area contributed by atoms with Crippen molar-refractivity contribution in [3.05, 3.63) is 41.0 Å². The molecule has 2 aromatic heterocycles. The molecule has 0 saturated carbocycles. The van der Waals surface area contributed by atoms with E-state index >= 15 is 0 Å². The molecule has 0 N–H and O–H groups in total. The summed E-state index contributed by atoms with van der Waals surface area (Å²) in [5.41, 5.74) is 1.01. The first-order valence-corrected chi connectivity index (χ1v) is 11.7. The number of aromatic nitrogens is 2. The number of thiophene rings is 1. The highest BCUT2D eigenvalue weighted by molar-refractivity contribution is 7.89. The summed E-state index contributed by atoms with van der Waals surface area (Å²) >= 11 is 1.61. The fraction of sp³-hybridized carbons (Fsp3) is 0.474. The van der Waals surface area contributed by atoms with Gasteiger partial charge in [-0.1, -0.05) is 0 Å². The van der Waals surface area contributed by atoms with Gasteiger partial charge in [-0.15, -0.1) is 0 Å². The molecule has 28 heavy (non-hydrogen) atoms. The Morgan fingerprint density at radius 2 is 2.00 bits per heavy atom. The highest BCUT2D eigenvalue weighted by Gasteiger charge is 2.45. The van der Waals surface area contributed by atoms with Crippen LogP contribution >= 0.6 is 11.3 Å². The zero-order valence-corrected chi connectivity index (χ0v) is 17.5. The van der Waals surface area contributed by atoms with Crippen LogP contribution in [0.1, 0.15) is 24.8 Å². The Balaban J connectivity index is 1.36. The van der Waals surface area contributed by atoms with Crippen LogP contribution in [-0.4, -0.2) is 59.3 Å². The predicted octanol–water partition coefficient (Wildman–Crippen LogP) is 2.20. The number of amides is 1. The van der Waals surface area contributed by atoms with Crippen LogP contribution < -0.4 is 0 Å². The Bertz CT molecular complexity index is 971. The summed E-state index contributed by atoms with van der Waals surface area (Å²) in [6.07, 6.45) is 9.03. The molecule has 4 rings (SSSR count). The van der Waals surface area contributed by atoms with Crippen LogP contribution in [0.15, 0.2) is 40.5 Å². The van der Waals surface area contributed by atoms with E-state index in [1.165, 1.54) is 6.33 Å². The van der Waals surface area contributed by atoms with E-state index in [2.05, 4.69) is 4.98 Å². The Morgan fingerprint density at radius 3 is 2.64 bits per heavy atom. The monoisotopic (exact) mass is 420 g/mol. The third kappa shape index (κ3) is 3.78. The Hall–Kier alpha value is -1.97. The van der Waals surface area contributed by atoms with Gasteiger partial charge in [0.25, 0.3) is 10.0 Å². The van der Waals surface area contributed by atoms with Gasteiger partial charge in [0, 0.05) is 45.5 Å². The standard InChI is InChI=1S/C19H24N4O3S2/c1-21-12-17(20-15-21)28(25,26)23-10-7-19(14-23)5-8-22(9-6-19)18(24)3-2-16-4-11-27-13-16/h2-4,11-13,15H,5-10,14H2,1H3. The van der Waals surface area contributed by atoms with E-state index in [1.54, 1.807) is 39.5 Å². The maximum absolute atomic E-state index is 12.8. The van der Waals surface area contributed by atoms with Crippen LogP contribution in [0.25, 0.3) is 6.08 Å². The lowest BCUT2D eigenvalue weighted by Gasteiger charge is -2.38. The molecule has 0 unspecified atom stereocenters. The number of carbonyl (C=O) groups excluding carboxylic acids is 1. The topological polar surface area (TPSA) is 75.5 Å². The summed E-state index contributed by atoms with van der Waals surface area (Å²) in [5, 5.41) is 4.10. The number of hydrogen-bond donors (Lipinski definition) is 0. The summed E-state index contributed by atoms with van der Waals surface area (Å²) in [4.78, 5) is 18.3. The molecule has 0 atom stereocenters. The van der Waals surface area contributed by atoms with Crippen molar-refractivity contribution in [3.8, 4) is 0 Å². The number of aryl methyl sites for hydroxylation is 1. The molecule has 4 heterocycles. The van der Waals surface area contributed by atoms with Gasteiger partial charge in [-0.3, -0.25) is 4.79 Å². The lowest BCUT2D eigenvalue weighted by Crippen LogP contribution is -2.44. The molecule has 0 radical (unpaired) electrons. The highest BCUT2D eigenvalue weighted by atomic mass is 32.2. The van der Waals surface area contributed by atoms with Gasteiger partial charge < -0.3 is 9.47 Å². The van der Waals surface area contributed by atoms with Crippen molar-refractivity contribution < 1.29 is 13.2 Å². The van der Waals surface area contributed by atoms with Crippen molar-refractivity contribution in [2.75, 3.05) is 26.2 Å². The molecular weight excluding hydrogens is 396 g/mol. The van der Waals surface area contributed by atoms with Crippen LogP contribution in [0.4, 0.5) is 0 Å². The van der Waals surface area contributed by atoms with E-state index < -0.39 is 10.0 Å². The van der Waals surface area contributed by atoms with E-state index in [0.29, 0.717) is 26.2 Å². The summed E-state index contributed by atoms with van der Waals surface area (Å²) in [5.74, 6) is 0.0250.